The van der Waals surface area contributed by atoms with Crippen molar-refractivity contribution >= 4 is 23.4 Å². The van der Waals surface area contributed by atoms with Gasteiger partial charge in [0.2, 0.25) is 5.91 Å². The van der Waals surface area contributed by atoms with Crippen LogP contribution in [0, 0.1) is 0 Å². The van der Waals surface area contributed by atoms with Gasteiger partial charge in [-0.2, -0.15) is 0 Å². The third kappa shape index (κ3) is 6.02. The molecule has 0 aromatic heterocycles. The molecule has 1 aliphatic heterocycles. The second-order valence-corrected chi connectivity index (χ2v) is 6.14. The van der Waals surface area contributed by atoms with Gasteiger partial charge in [-0.15, -0.1) is 0 Å². The second kappa shape index (κ2) is 9.49. The molecule has 1 fully saturated rings. The quantitative estimate of drug-likeness (QED) is 0.811. The molecule has 0 atom stereocenters. The molecule has 1 aromatic carbocycles. The lowest BCUT2D eigenvalue weighted by Gasteiger charge is -2.32. The Morgan fingerprint density at radius 2 is 1.92 bits per heavy atom. The van der Waals surface area contributed by atoms with E-state index in [1.807, 2.05) is 4.90 Å². The molecule has 7 heteroatoms. The van der Waals surface area contributed by atoms with Crippen LogP contribution in [0.3, 0.4) is 0 Å². The summed E-state index contributed by atoms with van der Waals surface area (Å²) < 4.78 is 10.3. The number of ether oxygens (including phenoxy) is 2. The van der Waals surface area contributed by atoms with E-state index in [9.17, 15) is 9.59 Å². The maximum Gasteiger partial charge on any atom is 0.258 e. The van der Waals surface area contributed by atoms with Gasteiger partial charge in [-0.1, -0.05) is 11.6 Å². The molecule has 0 radical (unpaired) electrons. The summed E-state index contributed by atoms with van der Waals surface area (Å²) in [5.41, 5.74) is 0. The van der Waals surface area contributed by atoms with E-state index in [4.69, 9.17) is 21.1 Å². The number of hydrogen-bond donors (Lipinski definition) is 1. The maximum atomic E-state index is 11.9. The van der Waals surface area contributed by atoms with Crippen molar-refractivity contribution in [1.29, 1.82) is 0 Å². The number of carbonyl (C=O) groups is 2. The third-order valence-electron chi connectivity index (χ3n) is 3.92. The van der Waals surface area contributed by atoms with E-state index in [1.165, 1.54) is 0 Å². The molecule has 2 rings (SSSR count). The summed E-state index contributed by atoms with van der Waals surface area (Å²) in [6, 6.07) is 6.95. The first-order valence-electron chi connectivity index (χ1n) is 8.03. The van der Waals surface area contributed by atoms with E-state index in [-0.39, 0.29) is 24.5 Å². The molecule has 24 heavy (non-hydrogen) atoms. The van der Waals surface area contributed by atoms with Gasteiger partial charge < -0.3 is 19.7 Å². The molecule has 1 N–H and O–H groups in total. The van der Waals surface area contributed by atoms with Crippen LogP contribution in [-0.2, 0) is 14.3 Å². The number of amides is 2. The number of hydrogen-bond acceptors (Lipinski definition) is 4. The summed E-state index contributed by atoms with van der Waals surface area (Å²) in [6.07, 6.45) is 1.92. The Kier molecular flexibility index (Phi) is 7.34. The summed E-state index contributed by atoms with van der Waals surface area (Å²) in [7, 11) is 1.58. The van der Waals surface area contributed by atoms with Crippen LogP contribution < -0.4 is 10.1 Å². The molecule has 2 amide bonds. The fourth-order valence-corrected chi connectivity index (χ4v) is 2.70. The van der Waals surface area contributed by atoms with Crippen molar-refractivity contribution in [2.75, 3.05) is 33.4 Å². The summed E-state index contributed by atoms with van der Waals surface area (Å²) in [4.78, 5) is 25.7. The molecular weight excluding hydrogens is 332 g/mol. The number of likely N-dealkylation sites (tertiary alicyclic amines) is 1. The SMILES string of the molecule is COCCC(=O)N1CCC(NC(=O)COc2ccc(Cl)cc2)CC1. The van der Waals surface area contributed by atoms with Crippen molar-refractivity contribution in [1.82, 2.24) is 10.2 Å². The lowest BCUT2D eigenvalue weighted by molar-refractivity contribution is -0.133. The highest BCUT2D eigenvalue weighted by atomic mass is 35.5. The molecule has 1 heterocycles. The Labute approximate surface area is 147 Å². The summed E-state index contributed by atoms with van der Waals surface area (Å²) in [5, 5.41) is 3.57. The predicted octanol–water partition coefficient (Wildman–Crippen LogP) is 1.86. The average molecular weight is 355 g/mol. The van der Waals surface area contributed by atoms with E-state index >= 15 is 0 Å². The molecule has 1 aromatic rings. The first kappa shape index (κ1) is 18.5. The number of halogens is 1. The number of nitrogens with one attached hydrogen (secondary N) is 1. The fourth-order valence-electron chi connectivity index (χ4n) is 2.57. The van der Waals surface area contributed by atoms with Gasteiger partial charge in [0.1, 0.15) is 5.75 Å². The second-order valence-electron chi connectivity index (χ2n) is 5.71. The van der Waals surface area contributed by atoms with E-state index in [0.29, 0.717) is 36.9 Å². The van der Waals surface area contributed by atoms with Gasteiger partial charge in [-0.25, -0.2) is 0 Å². The molecule has 0 spiro atoms. The van der Waals surface area contributed by atoms with Crippen molar-refractivity contribution in [2.45, 2.75) is 25.3 Å². The molecule has 132 valence electrons. The number of nitrogens with zero attached hydrogens (tertiary/aromatic N) is 1. The minimum atomic E-state index is -0.158. The first-order valence-corrected chi connectivity index (χ1v) is 8.40. The van der Waals surface area contributed by atoms with Crippen LogP contribution >= 0.6 is 11.6 Å². The minimum Gasteiger partial charge on any atom is -0.484 e. The summed E-state index contributed by atoms with van der Waals surface area (Å²) >= 11 is 5.80. The van der Waals surface area contributed by atoms with Crippen LogP contribution in [0.25, 0.3) is 0 Å². The molecule has 1 saturated heterocycles. The monoisotopic (exact) mass is 354 g/mol. The lowest BCUT2D eigenvalue weighted by Crippen LogP contribution is -2.47. The highest BCUT2D eigenvalue weighted by Gasteiger charge is 2.23. The van der Waals surface area contributed by atoms with Gasteiger partial charge >= 0.3 is 0 Å². The van der Waals surface area contributed by atoms with Gasteiger partial charge in [0, 0.05) is 31.3 Å². The molecule has 0 saturated carbocycles. The number of piperidine rings is 1. The standard InChI is InChI=1S/C17H23ClN2O4/c1-23-11-8-17(22)20-9-6-14(7-10-20)19-16(21)12-24-15-4-2-13(18)3-5-15/h2-5,14H,6-12H2,1H3,(H,19,21). The van der Waals surface area contributed by atoms with E-state index in [2.05, 4.69) is 5.32 Å². The van der Waals surface area contributed by atoms with Crippen LogP contribution in [-0.4, -0.2) is 56.2 Å². The largest absolute Gasteiger partial charge is 0.484 e. The molecule has 0 bridgehead atoms. The van der Waals surface area contributed by atoms with Crippen LogP contribution in [0.5, 0.6) is 5.75 Å². The van der Waals surface area contributed by atoms with Gasteiger partial charge in [0.25, 0.3) is 5.91 Å². The highest BCUT2D eigenvalue weighted by molar-refractivity contribution is 6.30. The first-order chi connectivity index (χ1) is 11.6. The normalized spacial score (nSPS) is 15.2. The molecule has 1 aliphatic rings. The minimum absolute atomic E-state index is 0.0331. The molecule has 6 nitrogen and oxygen atoms in total. The van der Waals surface area contributed by atoms with Crippen LogP contribution in [0.15, 0.2) is 24.3 Å². The topological polar surface area (TPSA) is 67.9 Å². The summed E-state index contributed by atoms with van der Waals surface area (Å²) in [6.45, 7) is 1.73. The van der Waals surface area contributed by atoms with Gasteiger partial charge in [0.15, 0.2) is 6.61 Å². The molecular formula is C17H23ClN2O4. The average Bonchev–Trinajstić information content (AvgIpc) is 2.60. The van der Waals surface area contributed by atoms with Crippen molar-refractivity contribution in [3.8, 4) is 5.75 Å². The number of rotatable bonds is 7. The number of methoxy groups -OCH3 is 1. The predicted molar refractivity (Wildman–Crippen MR) is 91.2 cm³/mol. The molecule has 0 aliphatic carbocycles. The maximum absolute atomic E-state index is 11.9. The summed E-state index contributed by atoms with van der Waals surface area (Å²) in [5.74, 6) is 0.551. The Morgan fingerprint density at radius 3 is 2.54 bits per heavy atom. The number of carbonyl (C=O) groups excluding carboxylic acids is 2. The van der Waals surface area contributed by atoms with Crippen LogP contribution in [0.2, 0.25) is 5.02 Å². The Bertz CT molecular complexity index is 542. The molecule has 0 unspecified atom stereocenters. The zero-order valence-electron chi connectivity index (χ0n) is 13.8. The van der Waals surface area contributed by atoms with E-state index < -0.39 is 0 Å². The number of benzene rings is 1. The zero-order chi connectivity index (χ0) is 17.4. The van der Waals surface area contributed by atoms with E-state index in [0.717, 1.165) is 12.8 Å². The van der Waals surface area contributed by atoms with Gasteiger partial charge in [-0.3, -0.25) is 9.59 Å². The van der Waals surface area contributed by atoms with Gasteiger partial charge in [0.05, 0.1) is 13.0 Å². The Morgan fingerprint density at radius 1 is 1.25 bits per heavy atom. The highest BCUT2D eigenvalue weighted by Crippen LogP contribution is 2.15. The lowest BCUT2D eigenvalue weighted by atomic mass is 10.0. The fraction of sp³-hybridized carbons (Fsp3) is 0.529. The van der Waals surface area contributed by atoms with Crippen LogP contribution in [0.1, 0.15) is 19.3 Å². The van der Waals surface area contributed by atoms with Crippen molar-refractivity contribution in [2.24, 2.45) is 0 Å². The zero-order valence-corrected chi connectivity index (χ0v) is 14.6. The smallest absolute Gasteiger partial charge is 0.258 e. The van der Waals surface area contributed by atoms with E-state index in [1.54, 1.807) is 31.4 Å². The van der Waals surface area contributed by atoms with Crippen LogP contribution in [0.4, 0.5) is 0 Å². The Balaban J connectivity index is 1.66. The van der Waals surface area contributed by atoms with Crippen molar-refractivity contribution in [3.05, 3.63) is 29.3 Å². The third-order valence-corrected chi connectivity index (χ3v) is 4.17. The van der Waals surface area contributed by atoms with Crippen molar-refractivity contribution in [3.63, 3.8) is 0 Å². The van der Waals surface area contributed by atoms with Gasteiger partial charge in [-0.05, 0) is 37.1 Å². The van der Waals surface area contributed by atoms with Crippen molar-refractivity contribution < 1.29 is 19.1 Å². The Hall–Kier alpha value is -1.79.